The Morgan fingerprint density at radius 2 is 1.97 bits per heavy atom. The van der Waals surface area contributed by atoms with E-state index in [1.165, 1.54) is 0 Å². The van der Waals surface area contributed by atoms with Gasteiger partial charge in [0.1, 0.15) is 24.0 Å². The fraction of sp³-hybridized carbons (Fsp3) is 0.192. The highest BCUT2D eigenvalue weighted by atomic mass is 35.5. The van der Waals surface area contributed by atoms with Crippen molar-refractivity contribution in [1.29, 1.82) is 0 Å². The van der Waals surface area contributed by atoms with Crippen molar-refractivity contribution in [2.75, 3.05) is 13.8 Å². The lowest BCUT2D eigenvalue weighted by Crippen LogP contribution is -2.32. The highest BCUT2D eigenvalue weighted by Crippen LogP contribution is 2.44. The van der Waals surface area contributed by atoms with E-state index >= 15 is 0 Å². The van der Waals surface area contributed by atoms with Crippen LogP contribution in [0.2, 0.25) is 10.0 Å². The Hall–Kier alpha value is -2.99. The van der Waals surface area contributed by atoms with Crippen molar-refractivity contribution in [1.82, 2.24) is 4.90 Å². The number of halogens is 2. The van der Waals surface area contributed by atoms with E-state index in [9.17, 15) is 4.79 Å². The maximum absolute atomic E-state index is 13.2. The molecule has 2 aliphatic heterocycles. The summed E-state index contributed by atoms with van der Waals surface area (Å²) in [6.45, 7) is 3.44. The van der Waals surface area contributed by atoms with Crippen molar-refractivity contribution in [3.63, 3.8) is 0 Å². The second-order valence-corrected chi connectivity index (χ2v) is 8.90. The quantitative estimate of drug-likeness (QED) is 0.410. The van der Waals surface area contributed by atoms with Crippen LogP contribution < -0.4 is 14.2 Å². The Kier molecular flexibility index (Phi) is 5.79. The van der Waals surface area contributed by atoms with Gasteiger partial charge < -0.3 is 14.2 Å². The van der Waals surface area contributed by atoms with Gasteiger partial charge >= 0.3 is 0 Å². The van der Waals surface area contributed by atoms with Gasteiger partial charge in [-0.05, 0) is 48.4 Å². The van der Waals surface area contributed by atoms with E-state index in [2.05, 4.69) is 4.90 Å². The lowest BCUT2D eigenvalue weighted by molar-refractivity contribution is 0.0872. The van der Waals surface area contributed by atoms with Crippen LogP contribution in [-0.4, -0.2) is 24.5 Å². The summed E-state index contributed by atoms with van der Waals surface area (Å²) in [6, 6.07) is 14.9. The van der Waals surface area contributed by atoms with Gasteiger partial charge in [0.25, 0.3) is 0 Å². The van der Waals surface area contributed by atoms with Crippen LogP contribution in [-0.2, 0) is 13.1 Å². The molecule has 0 saturated carbocycles. The number of allylic oxidation sites excluding steroid dienone is 1. The molecule has 2 heterocycles. The van der Waals surface area contributed by atoms with E-state index in [4.69, 9.17) is 37.4 Å². The summed E-state index contributed by atoms with van der Waals surface area (Å²) < 4.78 is 17.6. The summed E-state index contributed by atoms with van der Waals surface area (Å²) in [6.07, 6.45) is 1.72. The zero-order valence-corrected chi connectivity index (χ0v) is 19.7. The van der Waals surface area contributed by atoms with Crippen molar-refractivity contribution in [2.24, 2.45) is 0 Å². The molecule has 168 valence electrons. The molecule has 0 aromatic heterocycles. The monoisotopic (exact) mass is 481 g/mol. The molecule has 0 saturated heterocycles. The number of fused-ring (bicyclic) bond motifs is 3. The van der Waals surface area contributed by atoms with Crippen molar-refractivity contribution in [3.05, 3.63) is 92.2 Å². The highest BCUT2D eigenvalue weighted by molar-refractivity contribution is 6.35. The molecule has 0 aliphatic carbocycles. The van der Waals surface area contributed by atoms with Gasteiger partial charge in [-0.1, -0.05) is 47.5 Å². The molecule has 0 N–H and O–H groups in total. The summed E-state index contributed by atoms with van der Waals surface area (Å²) in [5.74, 6) is 2.09. The molecule has 3 aromatic carbocycles. The minimum absolute atomic E-state index is 0.144. The summed E-state index contributed by atoms with van der Waals surface area (Å²) in [4.78, 5) is 15.3. The molecule has 7 heteroatoms. The van der Waals surface area contributed by atoms with E-state index in [1.807, 2.05) is 49.4 Å². The number of para-hydroxylation sites is 1. The van der Waals surface area contributed by atoms with Crippen LogP contribution >= 0.6 is 23.2 Å². The van der Waals surface area contributed by atoms with E-state index in [0.717, 1.165) is 28.0 Å². The number of hydrogen-bond acceptors (Lipinski definition) is 5. The topological polar surface area (TPSA) is 48.0 Å². The highest BCUT2D eigenvalue weighted by Gasteiger charge is 2.35. The SMILES string of the molecule is COc1ccccc1/C=C1\Oc2c3c(cc(C)c2C1=O)OCN(Cc1ccc(Cl)cc1Cl)C3. The van der Waals surface area contributed by atoms with E-state index < -0.39 is 0 Å². The molecule has 2 aliphatic rings. The molecule has 5 rings (SSSR count). The number of carbonyl (C=O) groups is 1. The molecule has 5 nitrogen and oxygen atoms in total. The second kappa shape index (κ2) is 8.75. The van der Waals surface area contributed by atoms with Gasteiger partial charge in [-0.15, -0.1) is 0 Å². The number of ether oxygens (including phenoxy) is 3. The van der Waals surface area contributed by atoms with Crippen LogP contribution in [0.4, 0.5) is 0 Å². The van der Waals surface area contributed by atoms with Gasteiger partial charge in [0.2, 0.25) is 5.78 Å². The molecule has 33 heavy (non-hydrogen) atoms. The number of nitrogens with zero attached hydrogens (tertiary/aromatic N) is 1. The van der Waals surface area contributed by atoms with Gasteiger partial charge in [0.15, 0.2) is 5.76 Å². The third-order valence-electron chi connectivity index (χ3n) is 5.82. The first kappa shape index (κ1) is 21.8. The number of carbonyl (C=O) groups excluding carboxylic acids is 1. The Balaban J connectivity index is 1.47. The largest absolute Gasteiger partial charge is 0.496 e. The lowest BCUT2D eigenvalue weighted by Gasteiger charge is -2.30. The number of ketones is 1. The normalized spacial score (nSPS) is 16.2. The summed E-state index contributed by atoms with van der Waals surface area (Å²) in [7, 11) is 1.60. The Bertz CT molecular complexity index is 1300. The molecule has 0 spiro atoms. The number of rotatable bonds is 4. The maximum atomic E-state index is 13.2. The Labute approximate surface area is 202 Å². The molecular weight excluding hydrogens is 461 g/mol. The Morgan fingerprint density at radius 3 is 2.76 bits per heavy atom. The summed E-state index contributed by atoms with van der Waals surface area (Å²) >= 11 is 12.4. The maximum Gasteiger partial charge on any atom is 0.232 e. The van der Waals surface area contributed by atoms with Gasteiger partial charge in [0, 0.05) is 28.7 Å². The minimum atomic E-state index is -0.144. The molecule has 0 atom stereocenters. The third-order valence-corrected chi connectivity index (χ3v) is 6.41. The fourth-order valence-corrected chi connectivity index (χ4v) is 4.66. The molecule has 0 fully saturated rings. The van der Waals surface area contributed by atoms with Crippen molar-refractivity contribution < 1.29 is 19.0 Å². The number of hydrogen-bond donors (Lipinski definition) is 0. The minimum Gasteiger partial charge on any atom is -0.496 e. The zero-order chi connectivity index (χ0) is 23.1. The van der Waals surface area contributed by atoms with E-state index in [1.54, 1.807) is 19.3 Å². The van der Waals surface area contributed by atoms with Gasteiger partial charge in [0.05, 0.1) is 18.2 Å². The van der Waals surface area contributed by atoms with Crippen LogP contribution in [0.1, 0.15) is 32.6 Å². The first-order valence-corrected chi connectivity index (χ1v) is 11.2. The van der Waals surface area contributed by atoms with Crippen molar-refractivity contribution in [2.45, 2.75) is 20.0 Å². The second-order valence-electron chi connectivity index (χ2n) is 8.05. The van der Waals surface area contributed by atoms with Crippen LogP contribution in [0.25, 0.3) is 6.08 Å². The first-order valence-electron chi connectivity index (χ1n) is 10.5. The predicted octanol–water partition coefficient (Wildman–Crippen LogP) is 6.28. The number of methoxy groups -OCH3 is 1. The zero-order valence-electron chi connectivity index (χ0n) is 18.2. The number of benzene rings is 3. The summed E-state index contributed by atoms with van der Waals surface area (Å²) in [5, 5.41) is 1.20. The molecular formula is C26H21Cl2NO4. The summed E-state index contributed by atoms with van der Waals surface area (Å²) in [5.41, 5.74) is 3.98. The average Bonchev–Trinajstić information content (AvgIpc) is 3.13. The predicted molar refractivity (Wildman–Crippen MR) is 128 cm³/mol. The number of Topliss-reactive ketones (excluding diaryl/α,β-unsaturated/α-hetero) is 1. The number of aryl methyl sites for hydroxylation is 1. The van der Waals surface area contributed by atoms with Gasteiger partial charge in [-0.2, -0.15) is 0 Å². The fourth-order valence-electron chi connectivity index (χ4n) is 4.19. The average molecular weight is 482 g/mol. The first-order chi connectivity index (χ1) is 15.9. The van der Waals surface area contributed by atoms with E-state index in [-0.39, 0.29) is 11.5 Å². The van der Waals surface area contributed by atoms with E-state index in [0.29, 0.717) is 46.9 Å². The Morgan fingerprint density at radius 1 is 1.15 bits per heavy atom. The van der Waals surface area contributed by atoms with Crippen molar-refractivity contribution in [3.8, 4) is 17.2 Å². The van der Waals surface area contributed by atoms with Gasteiger partial charge in [-0.25, -0.2) is 0 Å². The van der Waals surface area contributed by atoms with Crippen molar-refractivity contribution >= 4 is 35.1 Å². The molecule has 3 aromatic rings. The molecule has 0 unspecified atom stereocenters. The van der Waals surface area contributed by atoms with Crippen LogP contribution in [0, 0.1) is 6.92 Å². The third kappa shape index (κ3) is 4.08. The van der Waals surface area contributed by atoms with Gasteiger partial charge in [-0.3, -0.25) is 9.69 Å². The smallest absolute Gasteiger partial charge is 0.232 e. The molecule has 0 amide bonds. The molecule has 0 bridgehead atoms. The van der Waals surface area contributed by atoms with Crippen LogP contribution in [0.3, 0.4) is 0 Å². The lowest BCUT2D eigenvalue weighted by atomic mass is 9.98. The van der Waals surface area contributed by atoms with Crippen LogP contribution in [0.5, 0.6) is 17.2 Å². The standard InChI is InChI=1S/C26H21Cl2NO4/c1-15-9-22-19(13-29(14-32-22)12-17-7-8-18(27)11-20(17)28)26-24(15)25(30)23(33-26)10-16-5-3-4-6-21(16)31-2/h3-11H,12-14H2,1-2H3/b23-10-. The van der Waals surface area contributed by atoms with Crippen LogP contribution in [0.15, 0.2) is 54.3 Å². The molecule has 0 radical (unpaired) electrons.